The standard InChI is InChI=1S/C32H68N.C12H29O4PS/c1-5-9-13-17-21-25-29-33(30-26-22-18-14-10-6-2,31-27-23-19-15-11-7-3)32-28-24-20-16-12-8-4;1-5-9-17(10-6-2,11-7-3,12-8-4)16-18(13,14)15/h5-32H2,1-4H3;5-12H2,1-4H3,(H,13,14,15)/q+1;/p-1. The summed E-state index contributed by atoms with van der Waals surface area (Å²) >= 11 is 0. The molecule has 0 aromatic rings. The van der Waals surface area contributed by atoms with E-state index in [1.165, 1.54) is 185 Å². The maximum atomic E-state index is 11.2. The summed E-state index contributed by atoms with van der Waals surface area (Å²) < 4.78 is 40.4. The zero-order valence-corrected chi connectivity index (χ0v) is 38.1. The van der Waals surface area contributed by atoms with Crippen LogP contribution in [0.25, 0.3) is 0 Å². The molecule has 0 aliphatic heterocycles. The first kappa shape index (κ1) is 53.4. The van der Waals surface area contributed by atoms with Crippen LogP contribution in [0.15, 0.2) is 0 Å². The van der Waals surface area contributed by atoms with E-state index in [1.54, 1.807) is 0 Å². The van der Waals surface area contributed by atoms with E-state index in [4.69, 9.17) is 3.97 Å². The molecular weight excluding hydrogens is 670 g/mol. The van der Waals surface area contributed by atoms with E-state index in [9.17, 15) is 13.0 Å². The van der Waals surface area contributed by atoms with E-state index in [1.807, 2.05) is 27.7 Å². The number of hydrogen-bond acceptors (Lipinski definition) is 4. The van der Waals surface area contributed by atoms with Crippen LogP contribution >= 0.6 is 6.83 Å². The molecule has 5 nitrogen and oxygen atoms in total. The summed E-state index contributed by atoms with van der Waals surface area (Å²) in [7, 11) is -4.62. The van der Waals surface area contributed by atoms with Crippen LogP contribution in [0.2, 0.25) is 0 Å². The number of hydrogen-bond donors (Lipinski definition) is 0. The average Bonchev–Trinajstić information content (AvgIpc) is 3.07. The fourth-order valence-electron chi connectivity index (χ4n) is 8.92. The average molecular weight is 766 g/mol. The molecule has 0 aliphatic carbocycles. The minimum atomic E-state index is -4.62. The third-order valence-corrected chi connectivity index (χ3v) is 20.1. The van der Waals surface area contributed by atoms with E-state index >= 15 is 0 Å². The molecule has 312 valence electrons. The fraction of sp³-hybridized carbons (Fsp3) is 1.00. The molecule has 0 N–H and O–H groups in total. The van der Waals surface area contributed by atoms with Gasteiger partial charge in [0.1, 0.15) is 0 Å². The van der Waals surface area contributed by atoms with E-state index in [-0.39, 0.29) is 0 Å². The second-order valence-electron chi connectivity index (χ2n) is 16.5. The number of rotatable bonds is 38. The van der Waals surface area contributed by atoms with Crippen molar-refractivity contribution in [2.45, 2.75) is 235 Å². The van der Waals surface area contributed by atoms with Gasteiger partial charge in [0, 0.05) is 0 Å². The summed E-state index contributed by atoms with van der Waals surface area (Å²) in [6, 6.07) is 0. The second kappa shape index (κ2) is 34.7. The Labute approximate surface area is 323 Å². The Hall–Kier alpha value is 0.260. The predicted molar refractivity (Wildman–Crippen MR) is 232 cm³/mol. The van der Waals surface area contributed by atoms with Gasteiger partial charge in [-0.25, -0.2) is 0 Å². The van der Waals surface area contributed by atoms with Crippen LogP contribution < -0.4 is 0 Å². The van der Waals surface area contributed by atoms with Gasteiger partial charge in [-0.1, -0.05) is 130 Å². The summed E-state index contributed by atoms with van der Waals surface area (Å²) in [5.74, 6) is 0. The quantitative estimate of drug-likeness (QED) is 0.0206. The third-order valence-electron chi connectivity index (χ3n) is 11.4. The molecule has 0 aliphatic rings. The number of unbranched alkanes of at least 4 members (excludes halogenated alkanes) is 20. The van der Waals surface area contributed by atoms with Crippen LogP contribution in [0.5, 0.6) is 0 Å². The summed E-state index contributed by atoms with van der Waals surface area (Å²) in [4.78, 5) is 0. The van der Waals surface area contributed by atoms with E-state index < -0.39 is 17.2 Å². The Morgan fingerprint density at radius 1 is 0.373 bits per heavy atom. The van der Waals surface area contributed by atoms with E-state index in [2.05, 4.69) is 27.7 Å². The second-order valence-corrected chi connectivity index (χ2v) is 23.5. The summed E-state index contributed by atoms with van der Waals surface area (Å²) in [6.07, 6.45) is 41.3. The van der Waals surface area contributed by atoms with Gasteiger partial charge >= 0.3 is 112 Å². The molecule has 0 unspecified atom stereocenters. The van der Waals surface area contributed by atoms with Crippen molar-refractivity contribution in [3.8, 4) is 0 Å². The fourth-order valence-corrected chi connectivity index (χ4v) is 18.0. The molecule has 51 heavy (non-hydrogen) atoms. The van der Waals surface area contributed by atoms with Crippen molar-refractivity contribution in [2.75, 3.05) is 50.8 Å². The monoisotopic (exact) mass is 766 g/mol. The van der Waals surface area contributed by atoms with Crippen LogP contribution in [0.1, 0.15) is 235 Å². The van der Waals surface area contributed by atoms with Gasteiger partial charge in [-0.05, 0) is 51.4 Å². The van der Waals surface area contributed by atoms with Gasteiger partial charge in [0.15, 0.2) is 0 Å². The minimum absolute atomic E-state index is 0.753. The first-order valence-electron chi connectivity index (χ1n) is 23.0. The molecule has 0 fully saturated rings. The third kappa shape index (κ3) is 29.3. The van der Waals surface area contributed by atoms with Gasteiger partial charge < -0.3 is 4.48 Å². The molecule has 0 saturated heterocycles. The molecule has 0 aromatic heterocycles. The van der Waals surface area contributed by atoms with Crippen molar-refractivity contribution in [2.24, 2.45) is 0 Å². The normalized spacial score (nSPS) is 13.2. The van der Waals surface area contributed by atoms with Gasteiger partial charge in [0.2, 0.25) is 0 Å². The predicted octanol–water partition coefficient (Wildman–Crippen LogP) is 14.8. The van der Waals surface area contributed by atoms with Crippen molar-refractivity contribution in [1.82, 2.24) is 0 Å². The molecule has 0 radical (unpaired) electrons. The van der Waals surface area contributed by atoms with Gasteiger partial charge in [-0.3, -0.25) is 0 Å². The first-order chi connectivity index (χ1) is 24.5. The topological polar surface area (TPSA) is 66.4 Å². The molecule has 0 amide bonds. The molecule has 0 spiro atoms. The Morgan fingerprint density at radius 2 is 0.588 bits per heavy atom. The van der Waals surface area contributed by atoms with Gasteiger partial charge in [0.05, 0.1) is 26.2 Å². The van der Waals surface area contributed by atoms with E-state index in [0.717, 1.165) is 50.3 Å². The molecule has 0 rings (SSSR count). The Bertz CT molecular complexity index is 732. The molecule has 7 heteroatoms. The maximum absolute atomic E-state index is 11.2. The zero-order chi connectivity index (χ0) is 38.6. The van der Waals surface area contributed by atoms with Gasteiger partial charge in [0.25, 0.3) is 0 Å². The van der Waals surface area contributed by atoms with Crippen molar-refractivity contribution in [3.63, 3.8) is 0 Å². The van der Waals surface area contributed by atoms with Crippen LogP contribution in [-0.2, 0) is 14.4 Å². The van der Waals surface area contributed by atoms with Gasteiger partial charge in [-0.15, -0.1) is 0 Å². The zero-order valence-electron chi connectivity index (χ0n) is 36.4. The van der Waals surface area contributed by atoms with Crippen molar-refractivity contribution < 1.29 is 21.4 Å². The summed E-state index contributed by atoms with van der Waals surface area (Å²) in [6.45, 7) is 20.5. The summed E-state index contributed by atoms with van der Waals surface area (Å²) in [5.41, 5.74) is 0. The van der Waals surface area contributed by atoms with Crippen molar-refractivity contribution in [3.05, 3.63) is 0 Å². The Morgan fingerprint density at radius 3 is 0.784 bits per heavy atom. The molecule has 0 aromatic carbocycles. The summed E-state index contributed by atoms with van der Waals surface area (Å²) in [5, 5.41) is 0. The number of quaternary nitrogens is 1. The van der Waals surface area contributed by atoms with E-state index in [0.29, 0.717) is 0 Å². The Balaban J connectivity index is 0. The molecule has 0 atom stereocenters. The molecule has 0 heterocycles. The van der Waals surface area contributed by atoms with Crippen molar-refractivity contribution in [1.29, 1.82) is 0 Å². The SMILES string of the molecule is CCCCCCCC[N+](CCCCCCCC)(CCCCCCCC)CCCCCCCC.CCCP(CCC)(CCC)(CCC)OS(=O)(=O)[O-]. The van der Waals surface area contributed by atoms with Crippen LogP contribution in [0.4, 0.5) is 0 Å². The molecule has 0 saturated carbocycles. The van der Waals surface area contributed by atoms with Crippen LogP contribution in [0.3, 0.4) is 0 Å². The number of nitrogens with zero attached hydrogens (tertiary/aromatic N) is 1. The molecular formula is C44H96NO4PS. The Kier molecular flexibility index (Phi) is 36.3. The first-order valence-corrected chi connectivity index (χ1v) is 27.3. The van der Waals surface area contributed by atoms with Crippen LogP contribution in [0, 0.1) is 0 Å². The molecule has 0 bridgehead atoms. The van der Waals surface area contributed by atoms with Crippen molar-refractivity contribution >= 4 is 17.2 Å². The van der Waals surface area contributed by atoms with Gasteiger partial charge in [-0.2, -0.15) is 0 Å². The van der Waals surface area contributed by atoms with Crippen LogP contribution in [-0.4, -0.2) is 68.3 Å².